The highest BCUT2D eigenvalue weighted by molar-refractivity contribution is 7.89. The van der Waals surface area contributed by atoms with Crippen molar-refractivity contribution in [1.82, 2.24) is 28.8 Å². The number of carbonyl (C=O) groups excluding carboxylic acids is 1. The standard InChI is InChI=1S/C18H27ClN6O3S/c1-5-24-11-15(19)16(21-24)12-22(3)18(26)14-7-6-8-25(10-14)29(27,28)17-9-20-23(4)13(17)2/h9,11,14H,5-8,10,12H2,1-4H3. The summed E-state index contributed by atoms with van der Waals surface area (Å²) < 4.78 is 30.8. The lowest BCUT2D eigenvalue weighted by Gasteiger charge is -2.33. The van der Waals surface area contributed by atoms with Crippen LogP contribution in [0.5, 0.6) is 0 Å². The van der Waals surface area contributed by atoms with E-state index in [2.05, 4.69) is 10.2 Å². The van der Waals surface area contributed by atoms with Gasteiger partial charge in [-0.3, -0.25) is 14.2 Å². The number of piperidine rings is 1. The number of sulfonamides is 1. The smallest absolute Gasteiger partial charge is 0.246 e. The van der Waals surface area contributed by atoms with Crippen LogP contribution in [0, 0.1) is 12.8 Å². The fourth-order valence-electron chi connectivity index (χ4n) is 3.55. The average molecular weight is 443 g/mol. The lowest BCUT2D eigenvalue weighted by molar-refractivity contribution is -0.135. The van der Waals surface area contributed by atoms with E-state index in [9.17, 15) is 13.2 Å². The molecule has 1 aliphatic heterocycles. The molecule has 1 atom stereocenters. The zero-order valence-corrected chi connectivity index (χ0v) is 18.7. The van der Waals surface area contributed by atoms with Gasteiger partial charge in [-0.2, -0.15) is 14.5 Å². The lowest BCUT2D eigenvalue weighted by Crippen LogP contribution is -2.45. The maximum absolute atomic E-state index is 13.0. The second-order valence-electron chi connectivity index (χ2n) is 7.39. The fourth-order valence-corrected chi connectivity index (χ4v) is 5.47. The molecule has 0 saturated carbocycles. The van der Waals surface area contributed by atoms with Gasteiger partial charge in [-0.1, -0.05) is 11.6 Å². The van der Waals surface area contributed by atoms with Crippen molar-refractivity contribution in [2.24, 2.45) is 13.0 Å². The molecule has 3 rings (SSSR count). The van der Waals surface area contributed by atoms with Crippen LogP contribution in [0.25, 0.3) is 0 Å². The van der Waals surface area contributed by atoms with E-state index in [-0.39, 0.29) is 23.9 Å². The topological polar surface area (TPSA) is 93.3 Å². The van der Waals surface area contributed by atoms with Crippen molar-refractivity contribution in [2.75, 3.05) is 20.1 Å². The zero-order valence-electron chi connectivity index (χ0n) is 17.2. The molecule has 0 radical (unpaired) electrons. The molecule has 2 aromatic heterocycles. The summed E-state index contributed by atoms with van der Waals surface area (Å²) in [6.45, 7) is 5.23. The van der Waals surface area contributed by atoms with Gasteiger partial charge < -0.3 is 4.90 Å². The molecule has 1 unspecified atom stereocenters. The third kappa shape index (κ3) is 4.34. The molecule has 0 N–H and O–H groups in total. The molecule has 1 fully saturated rings. The van der Waals surface area contributed by atoms with Gasteiger partial charge in [0.25, 0.3) is 0 Å². The first-order chi connectivity index (χ1) is 13.6. The highest BCUT2D eigenvalue weighted by Gasteiger charge is 2.36. The Bertz CT molecular complexity index is 999. The first-order valence-corrected chi connectivity index (χ1v) is 11.4. The molecule has 2 aromatic rings. The number of rotatable bonds is 6. The molecule has 29 heavy (non-hydrogen) atoms. The van der Waals surface area contributed by atoms with Gasteiger partial charge in [0.05, 0.1) is 29.4 Å². The monoisotopic (exact) mass is 442 g/mol. The number of halogens is 1. The molecule has 3 heterocycles. The Morgan fingerprint density at radius 3 is 2.72 bits per heavy atom. The van der Waals surface area contributed by atoms with E-state index in [1.165, 1.54) is 15.2 Å². The van der Waals surface area contributed by atoms with Crippen LogP contribution in [-0.4, -0.2) is 63.2 Å². The van der Waals surface area contributed by atoms with Crippen LogP contribution in [0.3, 0.4) is 0 Å². The number of amides is 1. The Morgan fingerprint density at radius 2 is 2.14 bits per heavy atom. The molecule has 0 bridgehead atoms. The van der Waals surface area contributed by atoms with Crippen LogP contribution in [0.1, 0.15) is 31.2 Å². The Morgan fingerprint density at radius 1 is 1.41 bits per heavy atom. The van der Waals surface area contributed by atoms with Crippen molar-refractivity contribution >= 4 is 27.5 Å². The number of hydrogen-bond acceptors (Lipinski definition) is 5. The summed E-state index contributed by atoms with van der Waals surface area (Å²) in [5.74, 6) is -0.498. The Balaban J connectivity index is 1.71. The van der Waals surface area contributed by atoms with Crippen LogP contribution in [0.4, 0.5) is 0 Å². The van der Waals surface area contributed by atoms with Crippen molar-refractivity contribution in [3.63, 3.8) is 0 Å². The molecule has 11 heteroatoms. The number of aromatic nitrogens is 4. The van der Waals surface area contributed by atoms with Crippen LogP contribution in [0.15, 0.2) is 17.3 Å². The average Bonchev–Trinajstić information content (AvgIpc) is 3.23. The van der Waals surface area contributed by atoms with Crippen molar-refractivity contribution in [2.45, 2.75) is 44.7 Å². The second kappa shape index (κ2) is 8.45. The van der Waals surface area contributed by atoms with Crippen LogP contribution >= 0.6 is 11.6 Å². The summed E-state index contributed by atoms with van der Waals surface area (Å²) in [5, 5.41) is 8.93. The maximum Gasteiger partial charge on any atom is 0.246 e. The third-order valence-corrected chi connectivity index (χ3v) is 7.70. The molecule has 1 amide bonds. The summed E-state index contributed by atoms with van der Waals surface area (Å²) in [6.07, 6.45) is 4.39. The molecular formula is C18H27ClN6O3S. The van der Waals surface area contributed by atoms with E-state index < -0.39 is 15.9 Å². The first-order valence-electron chi connectivity index (χ1n) is 9.60. The minimum atomic E-state index is -3.69. The summed E-state index contributed by atoms with van der Waals surface area (Å²) in [7, 11) is -0.285. The maximum atomic E-state index is 13.0. The summed E-state index contributed by atoms with van der Waals surface area (Å²) in [5.41, 5.74) is 1.22. The summed E-state index contributed by atoms with van der Waals surface area (Å²) >= 11 is 6.21. The fraction of sp³-hybridized carbons (Fsp3) is 0.611. The molecule has 9 nitrogen and oxygen atoms in total. The Kier molecular flexibility index (Phi) is 6.35. The number of hydrogen-bond donors (Lipinski definition) is 0. The van der Waals surface area contributed by atoms with Gasteiger partial charge in [-0.15, -0.1) is 0 Å². The van der Waals surface area contributed by atoms with E-state index in [4.69, 9.17) is 11.6 Å². The molecule has 1 saturated heterocycles. The minimum Gasteiger partial charge on any atom is -0.339 e. The van der Waals surface area contributed by atoms with E-state index >= 15 is 0 Å². The van der Waals surface area contributed by atoms with Gasteiger partial charge in [0.1, 0.15) is 10.6 Å². The molecule has 0 aliphatic carbocycles. The van der Waals surface area contributed by atoms with Crippen molar-refractivity contribution in [1.29, 1.82) is 0 Å². The Labute approximate surface area is 176 Å². The van der Waals surface area contributed by atoms with Crippen LogP contribution in [0.2, 0.25) is 5.02 Å². The van der Waals surface area contributed by atoms with Gasteiger partial charge in [0.2, 0.25) is 15.9 Å². The largest absolute Gasteiger partial charge is 0.339 e. The number of carbonyl (C=O) groups is 1. The van der Waals surface area contributed by atoms with Gasteiger partial charge in [0, 0.05) is 39.9 Å². The van der Waals surface area contributed by atoms with Crippen LogP contribution in [-0.2, 0) is 35.0 Å². The van der Waals surface area contributed by atoms with Gasteiger partial charge >= 0.3 is 0 Å². The predicted molar refractivity (Wildman–Crippen MR) is 109 cm³/mol. The molecule has 1 aliphatic rings. The zero-order chi connectivity index (χ0) is 21.3. The first kappa shape index (κ1) is 21.8. The Hall–Kier alpha value is -1.91. The van der Waals surface area contributed by atoms with Crippen molar-refractivity contribution in [3.05, 3.63) is 28.8 Å². The second-order valence-corrected chi connectivity index (χ2v) is 9.71. The molecule has 0 aromatic carbocycles. The quantitative estimate of drug-likeness (QED) is 0.678. The lowest BCUT2D eigenvalue weighted by atomic mass is 9.98. The third-order valence-electron chi connectivity index (χ3n) is 5.42. The normalized spacial score (nSPS) is 18.2. The van der Waals surface area contributed by atoms with Crippen LogP contribution < -0.4 is 0 Å². The predicted octanol–water partition coefficient (Wildman–Crippen LogP) is 1.66. The number of aryl methyl sites for hydroxylation is 2. The highest BCUT2D eigenvalue weighted by Crippen LogP contribution is 2.27. The van der Waals surface area contributed by atoms with Gasteiger partial charge in [-0.25, -0.2) is 8.42 Å². The van der Waals surface area contributed by atoms with E-state index in [1.807, 2.05) is 6.92 Å². The van der Waals surface area contributed by atoms with E-state index in [1.54, 1.807) is 36.8 Å². The summed E-state index contributed by atoms with van der Waals surface area (Å²) in [6, 6.07) is 0. The summed E-state index contributed by atoms with van der Waals surface area (Å²) in [4.78, 5) is 14.7. The van der Waals surface area contributed by atoms with E-state index in [0.29, 0.717) is 42.3 Å². The van der Waals surface area contributed by atoms with Crippen molar-refractivity contribution in [3.8, 4) is 0 Å². The van der Waals surface area contributed by atoms with Gasteiger partial charge in [0.15, 0.2) is 0 Å². The van der Waals surface area contributed by atoms with Gasteiger partial charge in [-0.05, 0) is 26.7 Å². The molecular weight excluding hydrogens is 416 g/mol. The SMILES string of the molecule is CCn1cc(Cl)c(CN(C)C(=O)C2CCCN(S(=O)(=O)c3cnn(C)c3C)C2)n1. The van der Waals surface area contributed by atoms with Crippen molar-refractivity contribution < 1.29 is 13.2 Å². The van der Waals surface area contributed by atoms with E-state index in [0.717, 1.165) is 0 Å². The molecule has 160 valence electrons. The highest BCUT2D eigenvalue weighted by atomic mass is 35.5. The number of nitrogens with zero attached hydrogens (tertiary/aromatic N) is 6. The molecule has 0 spiro atoms. The minimum absolute atomic E-state index is 0.102.